The van der Waals surface area contributed by atoms with Crippen LogP contribution in [0.2, 0.25) is 0 Å². The van der Waals surface area contributed by atoms with E-state index in [1.807, 2.05) is 24.3 Å². The molecule has 1 aliphatic heterocycles. The number of esters is 1. The van der Waals surface area contributed by atoms with Crippen LogP contribution in [0.3, 0.4) is 0 Å². The molecule has 0 amide bonds. The standard InChI is InChI=1S/C22H21FN4O3/c1-4-30-21(28)18-13(2)24-22-25-20(16-7-5-6-8-17(16)29-3)26-27(22)19(18)14-9-11-15(23)12-10-14/h5-12,19H,4H2,1-3H3,(H,24,25,26). The molecule has 1 atom stereocenters. The van der Waals surface area contributed by atoms with Crippen molar-refractivity contribution in [3.63, 3.8) is 0 Å². The van der Waals surface area contributed by atoms with Crippen LogP contribution in [0.25, 0.3) is 11.4 Å². The minimum atomic E-state index is -0.614. The molecule has 0 saturated heterocycles. The molecule has 0 bridgehead atoms. The molecule has 3 aromatic rings. The number of benzene rings is 2. The minimum absolute atomic E-state index is 0.239. The number of fused-ring (bicyclic) bond motifs is 1. The third-order valence-corrected chi connectivity index (χ3v) is 4.88. The van der Waals surface area contributed by atoms with Crippen LogP contribution in [0.15, 0.2) is 59.8 Å². The van der Waals surface area contributed by atoms with E-state index in [1.165, 1.54) is 12.1 Å². The van der Waals surface area contributed by atoms with Gasteiger partial charge in [-0.15, -0.1) is 5.10 Å². The van der Waals surface area contributed by atoms with E-state index in [1.54, 1.807) is 37.8 Å². The number of rotatable bonds is 5. The smallest absolute Gasteiger partial charge is 0.338 e. The number of hydrogen-bond donors (Lipinski definition) is 1. The minimum Gasteiger partial charge on any atom is -0.496 e. The second kappa shape index (κ2) is 7.98. The fourth-order valence-corrected chi connectivity index (χ4v) is 3.52. The van der Waals surface area contributed by atoms with Crippen molar-refractivity contribution < 1.29 is 18.7 Å². The van der Waals surface area contributed by atoms with Gasteiger partial charge in [0.05, 0.1) is 24.9 Å². The predicted molar refractivity (Wildman–Crippen MR) is 110 cm³/mol. The van der Waals surface area contributed by atoms with E-state index in [0.29, 0.717) is 34.4 Å². The average molecular weight is 408 g/mol. The van der Waals surface area contributed by atoms with Crippen LogP contribution >= 0.6 is 0 Å². The van der Waals surface area contributed by atoms with E-state index >= 15 is 0 Å². The maximum absolute atomic E-state index is 13.5. The lowest BCUT2D eigenvalue weighted by Gasteiger charge is -2.28. The summed E-state index contributed by atoms with van der Waals surface area (Å²) in [6, 6.07) is 12.8. The van der Waals surface area contributed by atoms with Crippen molar-refractivity contribution in [1.29, 1.82) is 0 Å². The van der Waals surface area contributed by atoms with Crippen molar-refractivity contribution >= 4 is 11.9 Å². The summed E-state index contributed by atoms with van der Waals surface area (Å²) in [4.78, 5) is 17.4. The Morgan fingerprint density at radius 2 is 1.93 bits per heavy atom. The lowest BCUT2D eigenvalue weighted by Crippen LogP contribution is -2.29. The largest absolute Gasteiger partial charge is 0.496 e. The van der Waals surface area contributed by atoms with E-state index in [-0.39, 0.29) is 12.4 Å². The first-order valence-corrected chi connectivity index (χ1v) is 9.53. The van der Waals surface area contributed by atoms with Crippen molar-refractivity contribution in [1.82, 2.24) is 14.8 Å². The highest BCUT2D eigenvalue weighted by Crippen LogP contribution is 2.38. The van der Waals surface area contributed by atoms with Crippen molar-refractivity contribution in [2.45, 2.75) is 19.9 Å². The zero-order chi connectivity index (χ0) is 21.3. The number of carbonyl (C=O) groups is 1. The summed E-state index contributed by atoms with van der Waals surface area (Å²) >= 11 is 0. The average Bonchev–Trinajstić information content (AvgIpc) is 3.17. The molecular weight excluding hydrogens is 387 g/mol. The van der Waals surface area contributed by atoms with E-state index in [2.05, 4.69) is 15.4 Å². The number of halogens is 1. The molecule has 4 rings (SSSR count). The van der Waals surface area contributed by atoms with Gasteiger partial charge in [-0.25, -0.2) is 13.9 Å². The molecule has 8 heteroatoms. The van der Waals surface area contributed by atoms with Crippen LogP contribution in [-0.4, -0.2) is 34.5 Å². The number of para-hydroxylation sites is 1. The van der Waals surface area contributed by atoms with Gasteiger partial charge in [0.2, 0.25) is 5.95 Å². The van der Waals surface area contributed by atoms with Gasteiger partial charge in [-0.05, 0) is 43.7 Å². The monoisotopic (exact) mass is 408 g/mol. The Labute approximate surface area is 173 Å². The van der Waals surface area contributed by atoms with Crippen molar-refractivity contribution in [3.05, 3.63) is 71.2 Å². The molecule has 2 heterocycles. The highest BCUT2D eigenvalue weighted by molar-refractivity contribution is 5.92. The van der Waals surface area contributed by atoms with Crippen LogP contribution in [0.4, 0.5) is 10.3 Å². The van der Waals surface area contributed by atoms with Crippen molar-refractivity contribution in [3.8, 4) is 17.1 Å². The Hall–Kier alpha value is -3.68. The van der Waals surface area contributed by atoms with Crippen molar-refractivity contribution in [2.75, 3.05) is 19.0 Å². The van der Waals surface area contributed by atoms with Gasteiger partial charge >= 0.3 is 5.97 Å². The Balaban J connectivity index is 1.87. The van der Waals surface area contributed by atoms with Crippen LogP contribution in [0.5, 0.6) is 5.75 Å². The molecule has 2 aromatic carbocycles. The Morgan fingerprint density at radius 3 is 2.63 bits per heavy atom. The molecule has 0 fully saturated rings. The quantitative estimate of drug-likeness (QED) is 0.644. The number of ether oxygens (including phenoxy) is 2. The third kappa shape index (κ3) is 3.41. The maximum atomic E-state index is 13.5. The number of carbonyl (C=O) groups excluding carboxylic acids is 1. The van der Waals surface area contributed by atoms with Crippen molar-refractivity contribution in [2.24, 2.45) is 0 Å². The number of anilines is 1. The van der Waals surface area contributed by atoms with Gasteiger partial charge in [0.25, 0.3) is 0 Å². The second-order valence-electron chi connectivity index (χ2n) is 6.74. The third-order valence-electron chi connectivity index (χ3n) is 4.88. The molecule has 1 unspecified atom stereocenters. The van der Waals surface area contributed by atoms with Crippen LogP contribution in [-0.2, 0) is 9.53 Å². The van der Waals surface area contributed by atoms with Gasteiger partial charge in [0, 0.05) is 5.70 Å². The highest BCUT2D eigenvalue weighted by Gasteiger charge is 2.35. The first-order valence-electron chi connectivity index (χ1n) is 9.53. The van der Waals surface area contributed by atoms with Gasteiger partial charge in [-0.2, -0.15) is 4.98 Å². The number of hydrogen-bond acceptors (Lipinski definition) is 6. The zero-order valence-electron chi connectivity index (χ0n) is 16.8. The SMILES string of the molecule is CCOC(=O)C1=C(C)Nc2nc(-c3ccccc3OC)nn2C1c1ccc(F)cc1. The first-order chi connectivity index (χ1) is 14.5. The zero-order valence-corrected chi connectivity index (χ0v) is 16.8. The second-order valence-corrected chi connectivity index (χ2v) is 6.74. The fourth-order valence-electron chi connectivity index (χ4n) is 3.52. The Kier molecular flexibility index (Phi) is 5.22. The molecule has 0 radical (unpaired) electrons. The number of methoxy groups -OCH3 is 1. The summed E-state index contributed by atoms with van der Waals surface area (Å²) in [6.45, 7) is 3.77. The maximum Gasteiger partial charge on any atom is 0.338 e. The summed E-state index contributed by atoms with van der Waals surface area (Å²) < 4.78 is 25.9. The van der Waals surface area contributed by atoms with Gasteiger partial charge in [0.15, 0.2) is 5.82 Å². The molecule has 1 aliphatic rings. The van der Waals surface area contributed by atoms with Crippen LogP contribution in [0.1, 0.15) is 25.5 Å². The van der Waals surface area contributed by atoms with Gasteiger partial charge in [-0.3, -0.25) is 0 Å². The summed E-state index contributed by atoms with van der Waals surface area (Å²) in [6.07, 6.45) is 0. The number of allylic oxidation sites excluding steroid dienone is 1. The topological polar surface area (TPSA) is 78.3 Å². The molecule has 1 aromatic heterocycles. The summed E-state index contributed by atoms with van der Waals surface area (Å²) in [5.41, 5.74) is 2.41. The lowest BCUT2D eigenvalue weighted by atomic mass is 9.96. The number of nitrogens with zero attached hydrogens (tertiary/aromatic N) is 3. The molecular formula is C22H21FN4O3. The lowest BCUT2D eigenvalue weighted by molar-refractivity contribution is -0.139. The van der Waals surface area contributed by atoms with Crippen LogP contribution < -0.4 is 10.1 Å². The summed E-state index contributed by atoms with van der Waals surface area (Å²) in [5, 5.41) is 7.81. The molecule has 7 nitrogen and oxygen atoms in total. The van der Waals surface area contributed by atoms with Gasteiger partial charge in [-0.1, -0.05) is 24.3 Å². The van der Waals surface area contributed by atoms with Gasteiger partial charge in [0.1, 0.15) is 17.6 Å². The number of aromatic nitrogens is 3. The summed E-state index contributed by atoms with van der Waals surface area (Å²) in [7, 11) is 1.58. The van der Waals surface area contributed by atoms with Gasteiger partial charge < -0.3 is 14.8 Å². The van der Waals surface area contributed by atoms with E-state index in [4.69, 9.17) is 9.47 Å². The Morgan fingerprint density at radius 1 is 1.20 bits per heavy atom. The van der Waals surface area contributed by atoms with E-state index in [0.717, 1.165) is 5.56 Å². The molecule has 0 aliphatic carbocycles. The normalized spacial score (nSPS) is 15.4. The Bertz CT molecular complexity index is 1120. The predicted octanol–water partition coefficient (Wildman–Crippen LogP) is 3.94. The van der Waals surface area contributed by atoms with E-state index in [9.17, 15) is 9.18 Å². The molecule has 30 heavy (non-hydrogen) atoms. The molecule has 0 saturated carbocycles. The fraction of sp³-hybridized carbons (Fsp3) is 0.227. The molecule has 0 spiro atoms. The van der Waals surface area contributed by atoms with Crippen LogP contribution in [0, 0.1) is 5.82 Å². The summed E-state index contributed by atoms with van der Waals surface area (Å²) in [5.74, 6) is 0.723. The highest BCUT2D eigenvalue weighted by atomic mass is 19.1. The number of nitrogens with one attached hydrogen (secondary N) is 1. The molecule has 154 valence electrons. The van der Waals surface area contributed by atoms with E-state index < -0.39 is 12.0 Å². The molecule has 1 N–H and O–H groups in total. The first kappa shape index (κ1) is 19.6.